The van der Waals surface area contributed by atoms with Gasteiger partial charge in [0, 0.05) is 0 Å². The average Bonchev–Trinajstić information content (AvgIpc) is 2.26. The van der Waals surface area contributed by atoms with Crippen molar-refractivity contribution < 1.29 is 4.74 Å². The fraction of sp³-hybridized carbons (Fsp3) is 0.500. The lowest BCUT2D eigenvalue weighted by Crippen LogP contribution is -2.11. The van der Waals surface area contributed by atoms with Gasteiger partial charge in [-0.05, 0) is 37.0 Å². The quantitative estimate of drug-likeness (QED) is 0.756. The van der Waals surface area contributed by atoms with Gasteiger partial charge in [-0.2, -0.15) is 5.26 Å². The van der Waals surface area contributed by atoms with Crippen LogP contribution in [0.1, 0.15) is 38.3 Å². The van der Waals surface area contributed by atoms with Crippen LogP contribution >= 0.6 is 0 Å². The predicted molar refractivity (Wildman–Crippen MR) is 64.9 cm³/mol. The minimum absolute atomic E-state index is 0.269. The fourth-order valence-electron chi connectivity index (χ4n) is 1.70. The number of rotatable bonds is 5. The Balaban J connectivity index is 2.45. The Morgan fingerprint density at radius 1 is 1.31 bits per heavy atom. The van der Waals surface area contributed by atoms with E-state index in [-0.39, 0.29) is 6.10 Å². The van der Waals surface area contributed by atoms with Gasteiger partial charge >= 0.3 is 0 Å². The summed E-state index contributed by atoms with van der Waals surface area (Å²) in [5, 5.41) is 8.77. The summed E-state index contributed by atoms with van der Waals surface area (Å²) in [5.41, 5.74) is 1.76. The molecule has 86 valence electrons. The molecule has 2 heteroatoms. The van der Waals surface area contributed by atoms with Gasteiger partial charge in [-0.25, -0.2) is 0 Å². The summed E-state index contributed by atoms with van der Waals surface area (Å²) >= 11 is 0. The fourth-order valence-corrected chi connectivity index (χ4v) is 1.70. The molecule has 1 aromatic carbocycles. The van der Waals surface area contributed by atoms with Crippen molar-refractivity contribution in [2.75, 3.05) is 0 Å². The Kier molecular flexibility index (Phi) is 5.01. The summed E-state index contributed by atoms with van der Waals surface area (Å²) in [4.78, 5) is 0. The van der Waals surface area contributed by atoms with Gasteiger partial charge in [0.1, 0.15) is 0 Å². The van der Waals surface area contributed by atoms with E-state index in [2.05, 4.69) is 26.8 Å². The molecule has 1 unspecified atom stereocenters. The van der Waals surface area contributed by atoms with Gasteiger partial charge in [0.05, 0.1) is 24.3 Å². The van der Waals surface area contributed by atoms with Crippen LogP contribution in [0.2, 0.25) is 0 Å². The van der Waals surface area contributed by atoms with Crippen LogP contribution in [0.5, 0.6) is 0 Å². The smallest absolute Gasteiger partial charge is 0.0991 e. The van der Waals surface area contributed by atoms with E-state index in [1.165, 1.54) is 0 Å². The van der Waals surface area contributed by atoms with Gasteiger partial charge in [-0.1, -0.05) is 26.0 Å². The molecule has 0 fully saturated rings. The van der Waals surface area contributed by atoms with Crippen LogP contribution in [-0.4, -0.2) is 6.10 Å². The van der Waals surface area contributed by atoms with E-state index < -0.39 is 0 Å². The first-order valence-electron chi connectivity index (χ1n) is 5.72. The molecule has 0 aromatic heterocycles. The Morgan fingerprint density at radius 3 is 2.69 bits per heavy atom. The lowest BCUT2D eigenvalue weighted by atomic mass is 10.1. The Morgan fingerprint density at radius 2 is 2.06 bits per heavy atom. The molecular formula is C14H19NO. The lowest BCUT2D eigenvalue weighted by molar-refractivity contribution is 0.0397. The van der Waals surface area contributed by atoms with Crippen molar-refractivity contribution >= 4 is 0 Å². The van der Waals surface area contributed by atoms with Crippen molar-refractivity contribution in [2.45, 2.75) is 39.9 Å². The highest BCUT2D eigenvalue weighted by atomic mass is 16.5. The first kappa shape index (κ1) is 12.7. The average molecular weight is 217 g/mol. The number of benzene rings is 1. The molecule has 0 heterocycles. The second-order valence-electron chi connectivity index (χ2n) is 4.56. The largest absolute Gasteiger partial charge is 0.374 e. The van der Waals surface area contributed by atoms with Gasteiger partial charge in [0.2, 0.25) is 0 Å². The molecule has 0 saturated carbocycles. The lowest BCUT2D eigenvalue weighted by Gasteiger charge is -2.15. The monoisotopic (exact) mass is 217 g/mol. The van der Waals surface area contributed by atoms with E-state index in [9.17, 15) is 0 Å². The molecule has 0 aliphatic heterocycles. The van der Waals surface area contributed by atoms with Crippen molar-refractivity contribution in [2.24, 2.45) is 5.92 Å². The second kappa shape index (κ2) is 6.30. The summed E-state index contributed by atoms with van der Waals surface area (Å²) in [5.74, 6) is 0.653. The van der Waals surface area contributed by atoms with Crippen LogP contribution in [0.3, 0.4) is 0 Å². The summed E-state index contributed by atoms with van der Waals surface area (Å²) < 4.78 is 5.73. The Labute approximate surface area is 97.9 Å². The number of hydrogen-bond acceptors (Lipinski definition) is 2. The predicted octanol–water partition coefficient (Wildman–Crippen LogP) is 3.51. The zero-order chi connectivity index (χ0) is 12.0. The summed E-state index contributed by atoms with van der Waals surface area (Å²) in [6, 6.07) is 9.70. The third kappa shape index (κ3) is 4.46. The molecule has 0 amide bonds. The van der Waals surface area contributed by atoms with Crippen molar-refractivity contribution in [1.82, 2.24) is 0 Å². The van der Waals surface area contributed by atoms with E-state index in [0.29, 0.717) is 18.1 Å². The van der Waals surface area contributed by atoms with Crippen LogP contribution in [-0.2, 0) is 11.3 Å². The standard InChI is InChI=1S/C14H19NO/c1-11(2)7-12(3)16-10-14-6-4-5-13(8-14)9-15/h4-6,8,11-12H,7,10H2,1-3H3. The van der Waals surface area contributed by atoms with Crippen molar-refractivity contribution in [3.05, 3.63) is 35.4 Å². The van der Waals surface area contributed by atoms with E-state index in [4.69, 9.17) is 10.00 Å². The maximum atomic E-state index is 8.77. The molecule has 1 rings (SSSR count). The maximum absolute atomic E-state index is 8.77. The van der Waals surface area contributed by atoms with Gasteiger partial charge in [0.15, 0.2) is 0 Å². The molecule has 16 heavy (non-hydrogen) atoms. The molecule has 0 saturated heterocycles. The molecule has 2 nitrogen and oxygen atoms in total. The summed E-state index contributed by atoms with van der Waals surface area (Å²) in [6.45, 7) is 7.06. The van der Waals surface area contributed by atoms with Crippen LogP contribution in [0.4, 0.5) is 0 Å². The van der Waals surface area contributed by atoms with Crippen LogP contribution < -0.4 is 0 Å². The van der Waals surface area contributed by atoms with E-state index in [1.54, 1.807) is 6.07 Å². The summed E-state index contributed by atoms with van der Waals surface area (Å²) in [6.07, 6.45) is 1.34. The zero-order valence-electron chi connectivity index (χ0n) is 10.2. The Bertz CT molecular complexity index is 365. The minimum Gasteiger partial charge on any atom is -0.374 e. The third-order valence-electron chi connectivity index (χ3n) is 2.39. The highest BCUT2D eigenvalue weighted by molar-refractivity contribution is 5.32. The van der Waals surface area contributed by atoms with E-state index in [1.807, 2.05) is 18.2 Å². The topological polar surface area (TPSA) is 33.0 Å². The molecule has 0 bridgehead atoms. The molecule has 0 aliphatic carbocycles. The molecular weight excluding hydrogens is 198 g/mol. The molecule has 1 aromatic rings. The normalized spacial score (nSPS) is 12.4. The molecule has 1 atom stereocenters. The van der Waals surface area contributed by atoms with Gasteiger partial charge in [0.25, 0.3) is 0 Å². The highest BCUT2D eigenvalue weighted by Crippen LogP contribution is 2.11. The number of nitriles is 1. The minimum atomic E-state index is 0.269. The van der Waals surface area contributed by atoms with E-state index >= 15 is 0 Å². The second-order valence-corrected chi connectivity index (χ2v) is 4.56. The number of hydrogen-bond donors (Lipinski definition) is 0. The first-order chi connectivity index (χ1) is 7.61. The van der Waals surface area contributed by atoms with Crippen LogP contribution in [0.15, 0.2) is 24.3 Å². The van der Waals surface area contributed by atoms with Gasteiger partial charge < -0.3 is 4.74 Å². The van der Waals surface area contributed by atoms with Gasteiger partial charge in [-0.15, -0.1) is 0 Å². The molecule has 0 radical (unpaired) electrons. The number of ether oxygens (including phenoxy) is 1. The van der Waals surface area contributed by atoms with Gasteiger partial charge in [-0.3, -0.25) is 0 Å². The maximum Gasteiger partial charge on any atom is 0.0991 e. The van der Waals surface area contributed by atoms with Crippen LogP contribution in [0.25, 0.3) is 0 Å². The van der Waals surface area contributed by atoms with Crippen molar-refractivity contribution in [1.29, 1.82) is 5.26 Å². The summed E-state index contributed by atoms with van der Waals surface area (Å²) in [7, 11) is 0. The van der Waals surface area contributed by atoms with Crippen molar-refractivity contribution in [3.8, 4) is 6.07 Å². The zero-order valence-corrected chi connectivity index (χ0v) is 10.2. The van der Waals surface area contributed by atoms with Crippen molar-refractivity contribution in [3.63, 3.8) is 0 Å². The third-order valence-corrected chi connectivity index (χ3v) is 2.39. The molecule has 0 aliphatic rings. The molecule has 0 N–H and O–H groups in total. The highest BCUT2D eigenvalue weighted by Gasteiger charge is 2.05. The number of nitrogens with zero attached hydrogens (tertiary/aromatic N) is 1. The SMILES string of the molecule is CC(C)CC(C)OCc1cccc(C#N)c1. The van der Waals surface area contributed by atoms with Crippen LogP contribution in [0, 0.1) is 17.2 Å². The Hall–Kier alpha value is -1.33. The molecule has 0 spiro atoms. The van der Waals surface area contributed by atoms with E-state index in [0.717, 1.165) is 12.0 Å². The first-order valence-corrected chi connectivity index (χ1v) is 5.72.